The Morgan fingerprint density at radius 2 is 1.20 bits per heavy atom. The Hall–Kier alpha value is -4.30. The summed E-state index contributed by atoms with van der Waals surface area (Å²) in [6.45, 7) is 13.3. The molecule has 0 aliphatic heterocycles. The van der Waals surface area contributed by atoms with E-state index in [4.69, 9.17) is 0 Å². The smallest absolute Gasteiger partial charge is 0.112 e. The molecule has 0 aliphatic rings. The summed E-state index contributed by atoms with van der Waals surface area (Å²) in [6.07, 6.45) is 2.43. The van der Waals surface area contributed by atoms with E-state index in [0.717, 1.165) is 11.5 Å². The van der Waals surface area contributed by atoms with Gasteiger partial charge >= 0.3 is 0 Å². The predicted molar refractivity (Wildman–Crippen MR) is 173 cm³/mol. The molecule has 1 aromatic heterocycles. The van der Waals surface area contributed by atoms with Gasteiger partial charge in [-0.15, -0.1) is 0 Å². The summed E-state index contributed by atoms with van der Waals surface area (Å²) in [5, 5.41) is 3.91. The van der Waals surface area contributed by atoms with E-state index in [1.807, 2.05) is 0 Å². The SMILES string of the molecule is Cc1cc(C)cc(/C(=C/C(C)c2ccccc2)C(C)Nc2[nH]c(-c3ccccc3)cc2-c2cc(C)cc(C)c2)c1. The fraction of sp³-hybridized carbons (Fsp3) is 0.211. The Kier molecular flexibility index (Phi) is 8.07. The van der Waals surface area contributed by atoms with E-state index in [1.54, 1.807) is 0 Å². The first-order valence-corrected chi connectivity index (χ1v) is 14.3. The monoisotopic (exact) mass is 524 g/mol. The van der Waals surface area contributed by atoms with Crippen molar-refractivity contribution in [3.8, 4) is 22.4 Å². The third kappa shape index (κ3) is 6.29. The zero-order chi connectivity index (χ0) is 28.2. The van der Waals surface area contributed by atoms with Crippen LogP contribution in [0.3, 0.4) is 0 Å². The topological polar surface area (TPSA) is 27.8 Å². The van der Waals surface area contributed by atoms with Gasteiger partial charge in [-0.2, -0.15) is 0 Å². The van der Waals surface area contributed by atoms with Gasteiger partial charge in [0.25, 0.3) is 0 Å². The Morgan fingerprint density at radius 3 is 1.80 bits per heavy atom. The normalized spacial score (nSPS) is 13.2. The van der Waals surface area contributed by atoms with E-state index >= 15 is 0 Å². The van der Waals surface area contributed by atoms with Crippen molar-refractivity contribution in [3.05, 3.63) is 143 Å². The zero-order valence-corrected chi connectivity index (χ0v) is 24.5. The second-order valence-corrected chi connectivity index (χ2v) is 11.3. The highest BCUT2D eigenvalue weighted by Gasteiger charge is 2.19. The second-order valence-electron chi connectivity index (χ2n) is 11.3. The first-order valence-electron chi connectivity index (χ1n) is 14.3. The number of rotatable bonds is 8. The fourth-order valence-corrected chi connectivity index (χ4v) is 5.75. The van der Waals surface area contributed by atoms with Crippen LogP contribution >= 0.6 is 0 Å². The van der Waals surface area contributed by atoms with Crippen LogP contribution < -0.4 is 5.32 Å². The number of benzene rings is 4. The summed E-state index contributed by atoms with van der Waals surface area (Å²) in [6, 6.07) is 37.3. The standard InChI is InChI=1S/C38H40N2/c1-25-17-26(2)20-33(19-25)35(23-29(5)31-13-9-7-10-14-31)30(6)39-38-36(34-21-27(3)18-28(4)22-34)24-37(40-38)32-15-11-8-12-16-32/h7-24,29-30,39-40H,1-6H3/b35-23+. The second kappa shape index (κ2) is 11.8. The largest absolute Gasteiger partial charge is 0.365 e. The van der Waals surface area contributed by atoms with E-state index in [2.05, 4.69) is 161 Å². The quantitative estimate of drug-likeness (QED) is 0.208. The fourth-order valence-electron chi connectivity index (χ4n) is 5.75. The molecule has 2 unspecified atom stereocenters. The highest BCUT2D eigenvalue weighted by Crippen LogP contribution is 2.36. The maximum absolute atomic E-state index is 3.91. The van der Waals surface area contributed by atoms with Crippen LogP contribution in [0.4, 0.5) is 5.82 Å². The minimum Gasteiger partial charge on any atom is -0.365 e. The van der Waals surface area contributed by atoms with E-state index in [1.165, 1.54) is 55.6 Å². The van der Waals surface area contributed by atoms with Crippen LogP contribution in [-0.4, -0.2) is 11.0 Å². The van der Waals surface area contributed by atoms with Crippen LogP contribution in [0.15, 0.2) is 109 Å². The molecule has 0 aliphatic carbocycles. The van der Waals surface area contributed by atoms with Crippen LogP contribution in [-0.2, 0) is 0 Å². The number of aromatic nitrogens is 1. The lowest BCUT2D eigenvalue weighted by Gasteiger charge is -2.22. The Bertz CT molecular complexity index is 1580. The number of nitrogens with one attached hydrogen (secondary N) is 2. The van der Waals surface area contributed by atoms with Crippen LogP contribution in [0.1, 0.15) is 53.1 Å². The molecule has 40 heavy (non-hydrogen) atoms. The molecule has 2 atom stereocenters. The van der Waals surface area contributed by atoms with Crippen LogP contribution in [0.5, 0.6) is 0 Å². The first-order chi connectivity index (χ1) is 19.3. The number of anilines is 1. The van der Waals surface area contributed by atoms with Gasteiger partial charge in [0.1, 0.15) is 5.82 Å². The Balaban J connectivity index is 1.59. The molecular formula is C38H40N2. The lowest BCUT2D eigenvalue weighted by Crippen LogP contribution is -2.19. The average molecular weight is 525 g/mol. The summed E-state index contributed by atoms with van der Waals surface area (Å²) in [4.78, 5) is 3.74. The van der Waals surface area contributed by atoms with Crippen molar-refractivity contribution in [3.63, 3.8) is 0 Å². The average Bonchev–Trinajstić information content (AvgIpc) is 3.35. The van der Waals surface area contributed by atoms with Gasteiger partial charge in [-0.25, -0.2) is 0 Å². The number of hydrogen-bond acceptors (Lipinski definition) is 1. The van der Waals surface area contributed by atoms with Gasteiger partial charge in [0.15, 0.2) is 0 Å². The molecule has 4 aromatic carbocycles. The van der Waals surface area contributed by atoms with Crippen LogP contribution in [0.2, 0.25) is 0 Å². The molecule has 5 aromatic rings. The molecule has 5 rings (SSSR count). The first kappa shape index (κ1) is 27.3. The molecule has 0 bridgehead atoms. The number of aromatic amines is 1. The molecular weight excluding hydrogens is 484 g/mol. The lowest BCUT2D eigenvalue weighted by molar-refractivity contribution is 0.938. The van der Waals surface area contributed by atoms with Crippen molar-refractivity contribution < 1.29 is 0 Å². The Labute approximate surface area is 239 Å². The van der Waals surface area contributed by atoms with Gasteiger partial charge in [-0.1, -0.05) is 132 Å². The van der Waals surface area contributed by atoms with Crippen molar-refractivity contribution in [2.45, 2.75) is 53.5 Å². The Morgan fingerprint density at radius 1 is 0.650 bits per heavy atom. The molecule has 202 valence electrons. The number of hydrogen-bond donors (Lipinski definition) is 2. The summed E-state index contributed by atoms with van der Waals surface area (Å²) in [5.41, 5.74) is 13.7. The number of aryl methyl sites for hydroxylation is 4. The van der Waals surface area contributed by atoms with Gasteiger partial charge < -0.3 is 10.3 Å². The van der Waals surface area contributed by atoms with Crippen molar-refractivity contribution in [2.24, 2.45) is 0 Å². The molecule has 2 nitrogen and oxygen atoms in total. The number of allylic oxidation sites excluding steroid dienone is 1. The third-order valence-electron chi connectivity index (χ3n) is 7.57. The van der Waals surface area contributed by atoms with E-state index in [0.29, 0.717) is 0 Å². The minimum absolute atomic E-state index is 0.0688. The summed E-state index contributed by atoms with van der Waals surface area (Å²) >= 11 is 0. The molecule has 0 saturated carbocycles. The van der Waals surface area contributed by atoms with Crippen molar-refractivity contribution in [2.75, 3.05) is 5.32 Å². The molecule has 0 fully saturated rings. The van der Waals surface area contributed by atoms with Crippen molar-refractivity contribution in [1.82, 2.24) is 4.98 Å². The maximum atomic E-state index is 3.91. The summed E-state index contributed by atoms with van der Waals surface area (Å²) in [5.74, 6) is 1.32. The van der Waals surface area contributed by atoms with Gasteiger partial charge in [0.2, 0.25) is 0 Å². The predicted octanol–water partition coefficient (Wildman–Crippen LogP) is 10.3. The molecule has 0 radical (unpaired) electrons. The van der Waals surface area contributed by atoms with E-state index < -0.39 is 0 Å². The molecule has 0 saturated heterocycles. The molecule has 2 N–H and O–H groups in total. The van der Waals surface area contributed by atoms with E-state index in [-0.39, 0.29) is 12.0 Å². The van der Waals surface area contributed by atoms with E-state index in [9.17, 15) is 0 Å². The molecule has 0 amide bonds. The maximum Gasteiger partial charge on any atom is 0.112 e. The van der Waals surface area contributed by atoms with Gasteiger partial charge in [-0.3, -0.25) is 0 Å². The van der Waals surface area contributed by atoms with Gasteiger partial charge in [-0.05, 0) is 74.4 Å². The number of H-pyrrole nitrogens is 1. The zero-order valence-electron chi connectivity index (χ0n) is 24.5. The summed E-state index contributed by atoms with van der Waals surface area (Å²) in [7, 11) is 0. The highest BCUT2D eigenvalue weighted by atomic mass is 15.0. The van der Waals surface area contributed by atoms with Crippen LogP contribution in [0.25, 0.3) is 28.0 Å². The summed E-state index contributed by atoms with van der Waals surface area (Å²) < 4.78 is 0. The third-order valence-corrected chi connectivity index (χ3v) is 7.57. The minimum atomic E-state index is 0.0688. The van der Waals surface area contributed by atoms with Crippen molar-refractivity contribution >= 4 is 11.4 Å². The molecule has 0 spiro atoms. The molecule has 1 heterocycles. The lowest BCUT2D eigenvalue weighted by atomic mass is 9.90. The van der Waals surface area contributed by atoms with Gasteiger partial charge in [0.05, 0.1) is 6.04 Å². The van der Waals surface area contributed by atoms with Crippen LogP contribution in [0, 0.1) is 27.7 Å². The van der Waals surface area contributed by atoms with Crippen molar-refractivity contribution in [1.29, 1.82) is 0 Å². The molecule has 2 heteroatoms. The van der Waals surface area contributed by atoms with Gasteiger partial charge in [0, 0.05) is 11.3 Å². The highest BCUT2D eigenvalue weighted by molar-refractivity contribution is 5.84.